The first-order valence-electron chi connectivity index (χ1n) is 5.59. The molecule has 0 amide bonds. The van der Waals surface area contributed by atoms with Crippen molar-refractivity contribution in [2.75, 3.05) is 13.7 Å². The predicted molar refractivity (Wildman–Crippen MR) is 55.5 cm³/mol. The fourth-order valence-electron chi connectivity index (χ4n) is 1.17. The largest absolute Gasteiger partial charge is 0.467 e. The zero-order valence-corrected chi connectivity index (χ0v) is 9.28. The number of aliphatic hydroxyl groups is 1. The van der Waals surface area contributed by atoms with Crippen molar-refractivity contribution in [3.05, 3.63) is 0 Å². The van der Waals surface area contributed by atoms with Crippen molar-refractivity contribution < 1.29 is 19.4 Å². The lowest BCUT2D eigenvalue weighted by atomic mass is 9.96. The Hall–Kier alpha value is -0.610. The molecule has 2 rings (SSSR count). The Morgan fingerprint density at radius 2 is 1.80 bits per heavy atom. The van der Waals surface area contributed by atoms with E-state index in [1.165, 1.54) is 20.0 Å². The van der Waals surface area contributed by atoms with Crippen LogP contribution in [-0.2, 0) is 14.3 Å². The summed E-state index contributed by atoms with van der Waals surface area (Å²) < 4.78 is 9.56. The Labute approximate surface area is 90.6 Å². The molecule has 2 aliphatic rings. The highest BCUT2D eigenvalue weighted by Crippen LogP contribution is 2.21. The van der Waals surface area contributed by atoms with Gasteiger partial charge in [-0.25, -0.2) is 4.79 Å². The number of esters is 1. The summed E-state index contributed by atoms with van der Waals surface area (Å²) in [4.78, 5) is 10.5. The van der Waals surface area contributed by atoms with Crippen LogP contribution in [0.1, 0.15) is 38.5 Å². The van der Waals surface area contributed by atoms with Crippen LogP contribution in [0.4, 0.5) is 0 Å². The van der Waals surface area contributed by atoms with Crippen LogP contribution in [0.15, 0.2) is 0 Å². The summed E-state index contributed by atoms with van der Waals surface area (Å²) in [7, 11) is 1.37. The molecule has 4 heteroatoms. The van der Waals surface area contributed by atoms with Crippen LogP contribution in [0.5, 0.6) is 0 Å². The summed E-state index contributed by atoms with van der Waals surface area (Å²) in [5, 5.41) is 8.45. The number of methoxy groups -OCH3 is 1. The number of aliphatic hydroxyl groups excluding tert-OH is 1. The highest BCUT2D eigenvalue weighted by molar-refractivity contribution is 5.70. The third kappa shape index (κ3) is 5.14. The van der Waals surface area contributed by atoms with Gasteiger partial charge in [0.25, 0.3) is 0 Å². The van der Waals surface area contributed by atoms with Crippen molar-refractivity contribution in [2.24, 2.45) is 0 Å². The Balaban J connectivity index is 0.000000187. The van der Waals surface area contributed by atoms with Crippen molar-refractivity contribution in [3.63, 3.8) is 0 Å². The molecule has 0 unspecified atom stereocenters. The van der Waals surface area contributed by atoms with Crippen LogP contribution in [0.25, 0.3) is 0 Å². The van der Waals surface area contributed by atoms with E-state index in [1.807, 2.05) is 0 Å². The monoisotopic (exact) mass is 216 g/mol. The fourth-order valence-corrected chi connectivity index (χ4v) is 1.17. The Morgan fingerprint density at radius 1 is 1.27 bits per heavy atom. The van der Waals surface area contributed by atoms with Gasteiger partial charge in [0.15, 0.2) is 0 Å². The predicted octanol–water partition coefficient (Wildman–Crippen LogP) is 1.26. The molecule has 0 atom stereocenters. The van der Waals surface area contributed by atoms with E-state index in [2.05, 4.69) is 4.74 Å². The maximum atomic E-state index is 10.5. The number of ether oxygens (including phenoxy) is 2. The van der Waals surface area contributed by atoms with Gasteiger partial charge in [0, 0.05) is 0 Å². The molecule has 2 saturated carbocycles. The maximum absolute atomic E-state index is 10.5. The van der Waals surface area contributed by atoms with Crippen molar-refractivity contribution >= 4 is 5.97 Å². The van der Waals surface area contributed by atoms with Gasteiger partial charge in [0.1, 0.15) is 6.61 Å². The van der Waals surface area contributed by atoms with Crippen LogP contribution < -0.4 is 0 Å². The number of rotatable bonds is 3. The van der Waals surface area contributed by atoms with Gasteiger partial charge in [-0.2, -0.15) is 0 Å². The van der Waals surface area contributed by atoms with Crippen molar-refractivity contribution in [1.29, 1.82) is 0 Å². The highest BCUT2D eigenvalue weighted by Gasteiger charge is 2.18. The molecule has 2 fully saturated rings. The number of carbonyl (C=O) groups is 1. The third-order valence-corrected chi connectivity index (χ3v) is 2.79. The van der Waals surface area contributed by atoms with E-state index in [0.717, 1.165) is 25.7 Å². The van der Waals surface area contributed by atoms with Gasteiger partial charge in [-0.15, -0.1) is 0 Å². The van der Waals surface area contributed by atoms with E-state index in [1.54, 1.807) is 0 Å². The quantitative estimate of drug-likeness (QED) is 0.722. The van der Waals surface area contributed by atoms with Crippen molar-refractivity contribution in [2.45, 2.75) is 50.7 Å². The molecule has 2 aliphatic carbocycles. The molecule has 0 aromatic carbocycles. The van der Waals surface area contributed by atoms with E-state index < -0.39 is 0 Å². The number of hydrogen-bond acceptors (Lipinski definition) is 4. The molecule has 1 N–H and O–H groups in total. The number of carbonyl (C=O) groups excluding carboxylic acids is 1. The second-order valence-corrected chi connectivity index (χ2v) is 4.02. The van der Waals surface area contributed by atoms with E-state index in [-0.39, 0.29) is 18.7 Å². The second-order valence-electron chi connectivity index (χ2n) is 4.02. The Bertz CT molecular complexity index is 185. The summed E-state index contributed by atoms with van der Waals surface area (Å²) in [5.41, 5.74) is 0. The van der Waals surface area contributed by atoms with Crippen LogP contribution >= 0.6 is 0 Å². The summed E-state index contributed by atoms with van der Waals surface area (Å²) in [6, 6.07) is 0. The van der Waals surface area contributed by atoms with Gasteiger partial charge in [-0.05, 0) is 38.5 Å². The topological polar surface area (TPSA) is 55.8 Å². The summed E-state index contributed by atoms with van der Waals surface area (Å²) in [5.74, 6) is -0.285. The Kier molecular flexibility index (Phi) is 5.65. The van der Waals surface area contributed by atoms with Gasteiger partial charge in [0.05, 0.1) is 19.3 Å². The lowest BCUT2D eigenvalue weighted by molar-refractivity contribution is -0.149. The van der Waals surface area contributed by atoms with Crippen LogP contribution in [0.2, 0.25) is 0 Å². The molecule has 0 radical (unpaired) electrons. The van der Waals surface area contributed by atoms with E-state index in [0.29, 0.717) is 6.10 Å². The summed E-state index contributed by atoms with van der Waals surface area (Å²) in [6.45, 7) is 0.112. The third-order valence-electron chi connectivity index (χ3n) is 2.79. The molecule has 15 heavy (non-hydrogen) atoms. The Morgan fingerprint density at radius 3 is 2.07 bits per heavy atom. The van der Waals surface area contributed by atoms with Gasteiger partial charge in [-0.1, -0.05) is 0 Å². The molecular formula is C11H20O4. The van der Waals surface area contributed by atoms with E-state index in [4.69, 9.17) is 9.84 Å². The fraction of sp³-hybridized carbons (Fsp3) is 0.909. The molecule has 4 nitrogen and oxygen atoms in total. The van der Waals surface area contributed by atoms with Gasteiger partial charge in [0.2, 0.25) is 0 Å². The molecule has 0 bridgehead atoms. The number of hydrogen-bond donors (Lipinski definition) is 1. The zero-order valence-electron chi connectivity index (χ0n) is 9.28. The van der Waals surface area contributed by atoms with Crippen molar-refractivity contribution in [1.82, 2.24) is 0 Å². The summed E-state index contributed by atoms with van der Waals surface area (Å²) >= 11 is 0. The zero-order chi connectivity index (χ0) is 11.1. The average Bonchev–Trinajstić information content (AvgIpc) is 2.13. The summed E-state index contributed by atoms with van der Waals surface area (Å²) in [6.07, 6.45) is 7.12. The minimum atomic E-state index is -0.285. The smallest absolute Gasteiger partial charge is 0.331 e. The highest BCUT2D eigenvalue weighted by atomic mass is 16.6. The average molecular weight is 216 g/mol. The lowest BCUT2D eigenvalue weighted by Crippen LogP contribution is -2.25. The molecule has 0 aromatic heterocycles. The maximum Gasteiger partial charge on any atom is 0.331 e. The SMILES string of the molecule is COC(=O)COC1CCC1.OC1CCC1. The molecular weight excluding hydrogens is 196 g/mol. The molecule has 0 saturated heterocycles. The second kappa shape index (κ2) is 6.80. The molecule has 0 heterocycles. The minimum Gasteiger partial charge on any atom is -0.467 e. The molecule has 0 spiro atoms. The van der Waals surface area contributed by atoms with Gasteiger partial charge >= 0.3 is 5.97 Å². The van der Waals surface area contributed by atoms with Crippen LogP contribution in [-0.4, -0.2) is 37.0 Å². The van der Waals surface area contributed by atoms with Crippen LogP contribution in [0.3, 0.4) is 0 Å². The first-order valence-corrected chi connectivity index (χ1v) is 5.59. The van der Waals surface area contributed by atoms with Gasteiger partial charge < -0.3 is 14.6 Å². The van der Waals surface area contributed by atoms with E-state index >= 15 is 0 Å². The molecule has 0 aliphatic heterocycles. The molecule has 0 aromatic rings. The minimum absolute atomic E-state index is 0.0648. The van der Waals surface area contributed by atoms with Crippen LogP contribution in [0, 0.1) is 0 Å². The normalized spacial score (nSPS) is 20.7. The van der Waals surface area contributed by atoms with Gasteiger partial charge in [-0.3, -0.25) is 0 Å². The standard InChI is InChI=1S/C7H12O3.C4H8O/c1-9-7(8)5-10-6-3-2-4-6;5-4-2-1-3-4/h6H,2-5H2,1H3;4-5H,1-3H2. The molecule has 88 valence electrons. The lowest BCUT2D eigenvalue weighted by Gasteiger charge is -2.24. The first-order chi connectivity index (χ1) is 7.22. The van der Waals surface area contributed by atoms with Crippen molar-refractivity contribution in [3.8, 4) is 0 Å². The first kappa shape index (κ1) is 12.5. The van der Waals surface area contributed by atoms with E-state index in [9.17, 15) is 4.79 Å².